The van der Waals surface area contributed by atoms with Crippen LogP contribution in [0.1, 0.15) is 6.92 Å². The Morgan fingerprint density at radius 2 is 2.27 bits per heavy atom. The summed E-state index contributed by atoms with van der Waals surface area (Å²) in [6.07, 6.45) is 4.70. The molecule has 0 radical (unpaired) electrons. The van der Waals surface area contributed by atoms with E-state index in [1.54, 1.807) is 4.57 Å². The predicted octanol–water partition coefficient (Wildman–Crippen LogP) is -0.411. The van der Waals surface area contributed by atoms with Gasteiger partial charge in [-0.15, -0.1) is 0 Å². The molecule has 0 aliphatic heterocycles. The zero-order valence-corrected chi connectivity index (χ0v) is 12.1. The van der Waals surface area contributed by atoms with Crippen LogP contribution in [0.3, 0.4) is 0 Å². The Bertz CT molecular complexity index is 696. The van der Waals surface area contributed by atoms with Gasteiger partial charge in [-0.1, -0.05) is 11.6 Å². The number of carboxylic acids is 1. The van der Waals surface area contributed by atoms with Crippen molar-refractivity contribution in [1.29, 1.82) is 0 Å². The van der Waals surface area contributed by atoms with Crippen molar-refractivity contribution in [3.05, 3.63) is 24.3 Å². The molecule has 0 aliphatic carbocycles. The van der Waals surface area contributed by atoms with Gasteiger partial charge in [0, 0.05) is 6.54 Å². The molecule has 9 heteroatoms. The average Bonchev–Trinajstić information content (AvgIpc) is 2.91. The lowest BCUT2D eigenvalue weighted by Gasteiger charge is -2.08. The van der Waals surface area contributed by atoms with Crippen LogP contribution >= 0.6 is 0 Å². The third-order valence-corrected chi connectivity index (χ3v) is 3.08. The van der Waals surface area contributed by atoms with E-state index in [2.05, 4.69) is 20.3 Å². The smallest absolute Gasteiger partial charge is 0.322 e. The van der Waals surface area contributed by atoms with Crippen molar-refractivity contribution < 1.29 is 15.0 Å². The van der Waals surface area contributed by atoms with E-state index in [0.29, 0.717) is 23.5 Å². The van der Waals surface area contributed by atoms with Gasteiger partial charge in [-0.3, -0.25) is 4.79 Å². The van der Waals surface area contributed by atoms with Gasteiger partial charge in [-0.05, 0) is 6.92 Å². The van der Waals surface area contributed by atoms with Gasteiger partial charge in [0.2, 0.25) is 0 Å². The van der Waals surface area contributed by atoms with Crippen molar-refractivity contribution in [2.45, 2.75) is 19.5 Å². The van der Waals surface area contributed by atoms with E-state index < -0.39 is 12.0 Å². The fraction of sp³-hybridized carbons (Fsp3) is 0.385. The Hall–Kier alpha value is -2.52. The normalized spacial score (nSPS) is 13.3. The summed E-state index contributed by atoms with van der Waals surface area (Å²) < 4.78 is 1.58. The standard InChI is InChI=1S/C13H18N6O3/c1-8(5-20)2-3-15-11-10-12(17-6-16-11)19(7-18-10)4-9(14)13(21)22/h2,6-7,9,20H,3-5,14H2,1H3,(H,21,22)(H,15,16,17)/b8-2+/t9-/m0/s1. The molecule has 0 amide bonds. The fourth-order valence-corrected chi connectivity index (χ4v) is 1.82. The van der Waals surface area contributed by atoms with Crippen molar-refractivity contribution in [1.82, 2.24) is 19.5 Å². The largest absolute Gasteiger partial charge is 0.480 e. The summed E-state index contributed by atoms with van der Waals surface area (Å²) in [6, 6.07) is -1.03. The number of aromatic nitrogens is 4. The van der Waals surface area contributed by atoms with Gasteiger partial charge in [0.15, 0.2) is 11.5 Å². The molecule has 0 unspecified atom stereocenters. The quantitative estimate of drug-likeness (QED) is 0.506. The first-order valence-corrected chi connectivity index (χ1v) is 6.67. The van der Waals surface area contributed by atoms with Crippen LogP contribution in [-0.2, 0) is 11.3 Å². The number of carbonyl (C=O) groups is 1. The van der Waals surface area contributed by atoms with Crippen molar-refractivity contribution in [3.8, 4) is 0 Å². The van der Waals surface area contributed by atoms with E-state index in [9.17, 15) is 4.79 Å². The van der Waals surface area contributed by atoms with Crippen LogP contribution in [0, 0.1) is 0 Å². The number of fused-ring (bicyclic) bond motifs is 1. The number of hydrogen-bond donors (Lipinski definition) is 4. The molecule has 22 heavy (non-hydrogen) atoms. The number of imidazole rings is 1. The minimum atomic E-state index is -1.08. The Morgan fingerprint density at radius 3 is 2.95 bits per heavy atom. The molecule has 2 aromatic heterocycles. The number of nitrogens with zero attached hydrogens (tertiary/aromatic N) is 4. The third-order valence-electron chi connectivity index (χ3n) is 3.08. The highest BCUT2D eigenvalue weighted by Gasteiger charge is 2.16. The lowest BCUT2D eigenvalue weighted by Crippen LogP contribution is -2.34. The van der Waals surface area contributed by atoms with E-state index in [4.69, 9.17) is 15.9 Å². The number of carboxylic acid groups (broad SMARTS) is 1. The van der Waals surface area contributed by atoms with E-state index in [1.807, 2.05) is 13.0 Å². The molecule has 1 atom stereocenters. The molecule has 2 aromatic rings. The van der Waals surface area contributed by atoms with Crippen LogP contribution in [0.15, 0.2) is 24.3 Å². The van der Waals surface area contributed by atoms with Gasteiger partial charge in [0.05, 0.1) is 19.5 Å². The molecule has 0 saturated carbocycles. The molecular weight excluding hydrogens is 288 g/mol. The Morgan fingerprint density at radius 1 is 1.50 bits per heavy atom. The summed E-state index contributed by atoms with van der Waals surface area (Å²) >= 11 is 0. The van der Waals surface area contributed by atoms with Crippen molar-refractivity contribution in [3.63, 3.8) is 0 Å². The summed E-state index contributed by atoms with van der Waals surface area (Å²) in [5, 5.41) is 20.9. The first kappa shape index (κ1) is 15.9. The number of rotatable bonds is 7. The third kappa shape index (κ3) is 3.57. The minimum absolute atomic E-state index is 0.00255. The molecule has 0 aromatic carbocycles. The van der Waals surface area contributed by atoms with Crippen LogP contribution in [-0.4, -0.2) is 54.9 Å². The van der Waals surface area contributed by atoms with E-state index in [1.165, 1.54) is 12.7 Å². The number of aliphatic hydroxyl groups excluding tert-OH is 1. The van der Waals surface area contributed by atoms with Crippen LogP contribution in [0.25, 0.3) is 11.2 Å². The van der Waals surface area contributed by atoms with Gasteiger partial charge in [-0.2, -0.15) is 0 Å². The van der Waals surface area contributed by atoms with Gasteiger partial charge in [0.1, 0.15) is 17.9 Å². The van der Waals surface area contributed by atoms with Gasteiger partial charge < -0.3 is 25.8 Å². The number of anilines is 1. The maximum absolute atomic E-state index is 10.8. The lowest BCUT2D eigenvalue weighted by molar-refractivity contribution is -0.138. The van der Waals surface area contributed by atoms with Crippen LogP contribution in [0.4, 0.5) is 5.82 Å². The summed E-state index contributed by atoms with van der Waals surface area (Å²) in [4.78, 5) is 23.3. The molecule has 118 valence electrons. The van der Waals surface area contributed by atoms with Gasteiger partial charge >= 0.3 is 5.97 Å². The number of nitrogens with one attached hydrogen (secondary N) is 1. The molecule has 5 N–H and O–H groups in total. The monoisotopic (exact) mass is 306 g/mol. The number of nitrogens with two attached hydrogens (primary N) is 1. The van der Waals surface area contributed by atoms with Crippen LogP contribution in [0.2, 0.25) is 0 Å². The second-order valence-electron chi connectivity index (χ2n) is 4.83. The average molecular weight is 306 g/mol. The van der Waals surface area contributed by atoms with Gasteiger partial charge in [-0.25, -0.2) is 15.0 Å². The molecule has 2 rings (SSSR count). The first-order valence-electron chi connectivity index (χ1n) is 6.67. The molecule has 0 bridgehead atoms. The van der Waals surface area contributed by atoms with E-state index >= 15 is 0 Å². The molecule has 0 aliphatic rings. The van der Waals surface area contributed by atoms with Crippen molar-refractivity contribution >= 4 is 23.0 Å². The highest BCUT2D eigenvalue weighted by atomic mass is 16.4. The molecule has 9 nitrogen and oxygen atoms in total. The maximum Gasteiger partial charge on any atom is 0.322 e. The highest BCUT2D eigenvalue weighted by molar-refractivity contribution is 5.83. The second kappa shape index (κ2) is 6.96. The molecule has 2 heterocycles. The summed E-state index contributed by atoms with van der Waals surface area (Å²) in [6.45, 7) is 2.38. The highest BCUT2D eigenvalue weighted by Crippen LogP contribution is 2.17. The maximum atomic E-state index is 10.8. The molecular formula is C13H18N6O3. The van der Waals surface area contributed by atoms with E-state index in [-0.39, 0.29) is 13.2 Å². The van der Waals surface area contributed by atoms with Crippen molar-refractivity contribution in [2.24, 2.45) is 5.73 Å². The number of aliphatic hydroxyl groups is 1. The number of hydrogen-bond acceptors (Lipinski definition) is 7. The number of aliphatic carboxylic acids is 1. The van der Waals surface area contributed by atoms with Crippen LogP contribution < -0.4 is 11.1 Å². The van der Waals surface area contributed by atoms with Crippen molar-refractivity contribution in [2.75, 3.05) is 18.5 Å². The SMILES string of the molecule is C/C(=C\CNc1ncnc2c1ncn2C[C@H](N)C(=O)O)CO. The fourth-order valence-electron chi connectivity index (χ4n) is 1.82. The molecule has 0 fully saturated rings. The first-order chi connectivity index (χ1) is 10.5. The Labute approximate surface area is 126 Å². The van der Waals surface area contributed by atoms with Crippen LogP contribution in [0.5, 0.6) is 0 Å². The second-order valence-corrected chi connectivity index (χ2v) is 4.83. The lowest BCUT2D eigenvalue weighted by atomic mass is 10.3. The Kier molecular flexibility index (Phi) is 5.02. The molecule has 0 spiro atoms. The summed E-state index contributed by atoms with van der Waals surface area (Å²) in [7, 11) is 0. The van der Waals surface area contributed by atoms with Gasteiger partial charge in [0.25, 0.3) is 0 Å². The zero-order valence-electron chi connectivity index (χ0n) is 12.1. The molecule has 0 saturated heterocycles. The minimum Gasteiger partial charge on any atom is -0.480 e. The van der Waals surface area contributed by atoms with E-state index in [0.717, 1.165) is 5.57 Å². The topological polar surface area (TPSA) is 139 Å². The predicted molar refractivity (Wildman–Crippen MR) is 80.3 cm³/mol. The zero-order chi connectivity index (χ0) is 16.1. The summed E-state index contributed by atoms with van der Waals surface area (Å²) in [5.74, 6) is -0.548. The summed E-state index contributed by atoms with van der Waals surface area (Å²) in [5.41, 5.74) is 7.42. The Balaban J connectivity index is 2.20.